The molecule has 2 aromatic rings. The van der Waals surface area contributed by atoms with E-state index in [-0.39, 0.29) is 0 Å². The number of ether oxygens (including phenoxy) is 1. The predicted molar refractivity (Wildman–Crippen MR) is 74.8 cm³/mol. The molecule has 0 aliphatic heterocycles. The second-order valence-corrected chi connectivity index (χ2v) is 5.96. The lowest BCUT2D eigenvalue weighted by molar-refractivity contribution is 0.404. The number of rotatable bonds is 4. The van der Waals surface area contributed by atoms with Crippen molar-refractivity contribution in [3.8, 4) is 5.75 Å². The summed E-state index contributed by atoms with van der Waals surface area (Å²) >= 11 is 13.4. The highest BCUT2D eigenvalue weighted by molar-refractivity contribution is 7.20. The van der Waals surface area contributed by atoms with Crippen LogP contribution in [0.5, 0.6) is 5.75 Å². The van der Waals surface area contributed by atoms with Crippen molar-refractivity contribution in [3.63, 3.8) is 0 Å². The second kappa shape index (κ2) is 5.48. The molecule has 0 saturated carbocycles. The number of nitrogens with two attached hydrogens (primary N) is 1. The largest absolute Gasteiger partial charge is 0.493 e. The molecule has 0 amide bonds. The number of methoxy groups -OCH3 is 1. The van der Waals surface area contributed by atoms with Gasteiger partial charge in [-0.2, -0.15) is 5.10 Å². The first-order chi connectivity index (χ1) is 8.58. The third-order valence-electron chi connectivity index (χ3n) is 2.68. The highest BCUT2D eigenvalue weighted by Crippen LogP contribution is 2.38. The molecule has 0 aliphatic rings. The first-order valence-electron chi connectivity index (χ1n) is 5.38. The highest BCUT2D eigenvalue weighted by atomic mass is 35.5. The minimum absolute atomic E-state index is 0.404. The number of aromatic nitrogens is 2. The molecule has 2 rings (SSSR count). The third-order valence-corrected chi connectivity index (χ3v) is 4.20. The first kappa shape index (κ1) is 13.7. The first-order valence-corrected chi connectivity index (χ1v) is 6.95. The summed E-state index contributed by atoms with van der Waals surface area (Å²) < 4.78 is 8.29. The number of thiophene rings is 1. The van der Waals surface area contributed by atoms with Gasteiger partial charge in [-0.3, -0.25) is 4.68 Å². The summed E-state index contributed by atoms with van der Waals surface area (Å²) in [6, 6.07) is 1.38. The maximum absolute atomic E-state index is 6.25. The van der Waals surface area contributed by atoms with E-state index < -0.39 is 6.04 Å². The van der Waals surface area contributed by atoms with Gasteiger partial charge in [0.05, 0.1) is 28.0 Å². The molecule has 1 unspecified atom stereocenters. The second-order valence-electron chi connectivity index (χ2n) is 3.67. The van der Waals surface area contributed by atoms with Crippen LogP contribution in [0.4, 0.5) is 0 Å². The maximum atomic E-state index is 6.25. The zero-order valence-corrected chi connectivity index (χ0v) is 12.3. The van der Waals surface area contributed by atoms with Crippen LogP contribution in [-0.2, 0) is 6.54 Å². The summed E-state index contributed by atoms with van der Waals surface area (Å²) in [5, 5.41) is 4.23. The summed E-state index contributed by atoms with van der Waals surface area (Å²) in [7, 11) is 1.59. The van der Waals surface area contributed by atoms with Gasteiger partial charge in [0, 0.05) is 12.1 Å². The van der Waals surface area contributed by atoms with Crippen LogP contribution in [0.2, 0.25) is 8.67 Å². The van der Waals surface area contributed by atoms with Gasteiger partial charge in [-0.25, -0.2) is 0 Å². The van der Waals surface area contributed by atoms with Crippen LogP contribution in [-0.4, -0.2) is 16.9 Å². The van der Waals surface area contributed by atoms with Crippen LogP contribution in [0.3, 0.4) is 0 Å². The van der Waals surface area contributed by atoms with E-state index in [9.17, 15) is 0 Å². The zero-order chi connectivity index (χ0) is 13.3. The molecule has 0 fully saturated rings. The maximum Gasteiger partial charge on any atom is 0.161 e. The average molecular weight is 306 g/mol. The Morgan fingerprint density at radius 2 is 2.28 bits per heavy atom. The number of aryl methyl sites for hydroxylation is 1. The lowest BCUT2D eigenvalue weighted by Crippen LogP contribution is -2.17. The van der Waals surface area contributed by atoms with E-state index >= 15 is 0 Å². The van der Waals surface area contributed by atoms with Crippen LogP contribution < -0.4 is 10.5 Å². The van der Waals surface area contributed by atoms with Gasteiger partial charge in [-0.1, -0.05) is 23.2 Å². The van der Waals surface area contributed by atoms with Crippen molar-refractivity contribution in [1.82, 2.24) is 9.78 Å². The van der Waals surface area contributed by atoms with Crippen molar-refractivity contribution >= 4 is 34.5 Å². The van der Waals surface area contributed by atoms with E-state index in [1.54, 1.807) is 24.1 Å². The molecule has 2 heterocycles. The summed E-state index contributed by atoms with van der Waals surface area (Å²) in [5.74, 6) is 0.655. The summed E-state index contributed by atoms with van der Waals surface area (Å²) in [4.78, 5) is 0. The van der Waals surface area contributed by atoms with Crippen LogP contribution in [0, 0.1) is 0 Å². The number of nitrogens with zero attached hydrogens (tertiary/aromatic N) is 2. The Kier molecular flexibility index (Phi) is 4.17. The molecule has 0 radical (unpaired) electrons. The molecular weight excluding hydrogens is 293 g/mol. The number of halogens is 2. The summed E-state index contributed by atoms with van der Waals surface area (Å²) in [6.45, 7) is 2.70. The fourth-order valence-electron chi connectivity index (χ4n) is 1.81. The molecule has 1 atom stereocenters. The minimum Gasteiger partial charge on any atom is -0.493 e. The minimum atomic E-state index is -0.404. The Morgan fingerprint density at radius 3 is 2.78 bits per heavy atom. The molecule has 2 aromatic heterocycles. The smallest absolute Gasteiger partial charge is 0.161 e. The molecule has 0 saturated heterocycles. The summed E-state index contributed by atoms with van der Waals surface area (Å²) in [6.07, 6.45) is 1.65. The molecule has 18 heavy (non-hydrogen) atoms. The Labute approximate surface area is 119 Å². The lowest BCUT2D eigenvalue weighted by Gasteiger charge is -2.14. The van der Waals surface area contributed by atoms with Gasteiger partial charge in [-0.15, -0.1) is 11.3 Å². The Bertz CT molecular complexity index is 531. The number of hydrogen-bond donors (Lipinski definition) is 1. The molecule has 0 spiro atoms. The third kappa shape index (κ3) is 2.36. The van der Waals surface area contributed by atoms with E-state index in [0.29, 0.717) is 21.0 Å². The van der Waals surface area contributed by atoms with Gasteiger partial charge in [0.15, 0.2) is 5.75 Å². The topological polar surface area (TPSA) is 53.1 Å². The molecule has 0 aromatic carbocycles. The molecular formula is C11H13Cl2N3OS. The quantitative estimate of drug-likeness (QED) is 0.942. The van der Waals surface area contributed by atoms with E-state index in [4.69, 9.17) is 33.7 Å². The van der Waals surface area contributed by atoms with E-state index in [1.165, 1.54) is 11.3 Å². The Balaban J connectivity index is 2.47. The fourth-order valence-corrected chi connectivity index (χ4v) is 3.36. The van der Waals surface area contributed by atoms with E-state index in [1.807, 2.05) is 6.92 Å². The number of hydrogen-bond acceptors (Lipinski definition) is 4. The highest BCUT2D eigenvalue weighted by Gasteiger charge is 2.23. The van der Waals surface area contributed by atoms with Gasteiger partial charge in [0.25, 0.3) is 0 Å². The molecule has 2 N–H and O–H groups in total. The fraction of sp³-hybridized carbons (Fsp3) is 0.364. The van der Waals surface area contributed by atoms with Crippen LogP contribution in [0.25, 0.3) is 0 Å². The average Bonchev–Trinajstić information content (AvgIpc) is 2.90. The standard InChI is InChI=1S/C11H13Cl2N3OS/c1-3-16-10(7(17-2)5-15-16)9(14)6-4-8(12)18-11(6)13/h4-5,9H,3,14H2,1-2H3. The van der Waals surface area contributed by atoms with Crippen LogP contribution >= 0.6 is 34.5 Å². The van der Waals surface area contributed by atoms with Crippen molar-refractivity contribution in [2.24, 2.45) is 5.73 Å². The van der Waals surface area contributed by atoms with Crippen molar-refractivity contribution in [1.29, 1.82) is 0 Å². The van der Waals surface area contributed by atoms with Crippen molar-refractivity contribution < 1.29 is 4.74 Å². The van der Waals surface area contributed by atoms with Crippen LogP contribution in [0.1, 0.15) is 24.2 Å². The Hall–Kier alpha value is -0.750. The van der Waals surface area contributed by atoms with E-state index in [0.717, 1.165) is 11.3 Å². The Morgan fingerprint density at radius 1 is 1.56 bits per heavy atom. The normalized spacial score (nSPS) is 12.7. The van der Waals surface area contributed by atoms with Crippen molar-refractivity contribution in [2.45, 2.75) is 19.5 Å². The molecule has 98 valence electrons. The molecule has 0 aliphatic carbocycles. The summed E-state index contributed by atoms with van der Waals surface area (Å²) in [5.41, 5.74) is 7.84. The van der Waals surface area contributed by atoms with Gasteiger partial charge < -0.3 is 10.5 Å². The van der Waals surface area contributed by atoms with Crippen LogP contribution in [0.15, 0.2) is 12.3 Å². The SMILES string of the molecule is CCn1ncc(OC)c1C(N)c1cc(Cl)sc1Cl. The van der Waals surface area contributed by atoms with Gasteiger partial charge in [0.2, 0.25) is 0 Å². The van der Waals surface area contributed by atoms with Crippen molar-refractivity contribution in [2.75, 3.05) is 7.11 Å². The molecule has 4 nitrogen and oxygen atoms in total. The lowest BCUT2D eigenvalue weighted by atomic mass is 10.1. The van der Waals surface area contributed by atoms with Gasteiger partial charge in [-0.05, 0) is 13.0 Å². The zero-order valence-electron chi connectivity index (χ0n) is 9.98. The monoisotopic (exact) mass is 305 g/mol. The van der Waals surface area contributed by atoms with Gasteiger partial charge in [0.1, 0.15) is 5.69 Å². The van der Waals surface area contributed by atoms with Gasteiger partial charge >= 0.3 is 0 Å². The molecule has 0 bridgehead atoms. The predicted octanol–water partition coefficient (Wildman–Crippen LogP) is 3.33. The van der Waals surface area contributed by atoms with E-state index in [2.05, 4.69) is 5.10 Å². The molecule has 7 heteroatoms. The van der Waals surface area contributed by atoms with Crippen molar-refractivity contribution in [3.05, 3.63) is 32.2 Å².